The van der Waals surface area contributed by atoms with Crippen molar-refractivity contribution in [3.8, 4) is 5.75 Å². The van der Waals surface area contributed by atoms with E-state index in [0.717, 1.165) is 42.1 Å². The first-order valence-electron chi connectivity index (χ1n) is 8.32. The molecule has 0 saturated heterocycles. The minimum absolute atomic E-state index is 0.0686. The lowest BCUT2D eigenvalue weighted by Gasteiger charge is -2.21. The van der Waals surface area contributed by atoms with Gasteiger partial charge in [0.05, 0.1) is 0 Å². The summed E-state index contributed by atoms with van der Waals surface area (Å²) in [5, 5.41) is 13.5. The van der Waals surface area contributed by atoms with Crippen molar-refractivity contribution in [1.82, 2.24) is 0 Å². The summed E-state index contributed by atoms with van der Waals surface area (Å²) >= 11 is 0. The van der Waals surface area contributed by atoms with Crippen LogP contribution < -0.4 is 10.1 Å². The molecular weight excluding hydrogens is 306 g/mol. The summed E-state index contributed by atoms with van der Waals surface area (Å²) < 4.78 is 5.34. The van der Waals surface area contributed by atoms with E-state index in [0.29, 0.717) is 5.75 Å². The van der Waals surface area contributed by atoms with Crippen LogP contribution in [0.2, 0.25) is 0 Å². The maximum atomic E-state index is 12.5. The molecule has 0 aliphatic heterocycles. The summed E-state index contributed by atoms with van der Waals surface area (Å²) in [6, 6.07) is 11.0. The second kappa shape index (κ2) is 7.34. The van der Waals surface area contributed by atoms with Crippen LogP contribution in [0.25, 0.3) is 10.8 Å². The number of carbonyl (C=O) groups excluding carboxylic acids is 1. The van der Waals surface area contributed by atoms with E-state index >= 15 is 0 Å². The summed E-state index contributed by atoms with van der Waals surface area (Å²) in [6.07, 6.45) is 5.33. The molecule has 1 aliphatic carbocycles. The lowest BCUT2D eigenvalue weighted by atomic mass is 9.88. The smallest absolute Gasteiger partial charge is 0.341 e. The van der Waals surface area contributed by atoms with Gasteiger partial charge in [0.25, 0.3) is 0 Å². The molecule has 1 saturated carbocycles. The Morgan fingerprint density at radius 1 is 1.04 bits per heavy atom. The highest BCUT2D eigenvalue weighted by molar-refractivity contribution is 6.04. The number of anilines is 1. The number of rotatable bonds is 5. The Bertz CT molecular complexity index is 750. The zero-order valence-corrected chi connectivity index (χ0v) is 13.5. The fourth-order valence-electron chi connectivity index (χ4n) is 3.25. The zero-order chi connectivity index (χ0) is 16.9. The molecule has 2 N–H and O–H groups in total. The number of ether oxygens (including phenoxy) is 1. The number of benzene rings is 2. The minimum atomic E-state index is -1.02. The molecule has 0 aromatic heterocycles. The SMILES string of the molecule is O=C(O)COc1ccc(NC(=O)C2CCCCC2)c2ccccc12. The van der Waals surface area contributed by atoms with E-state index in [9.17, 15) is 9.59 Å². The summed E-state index contributed by atoms with van der Waals surface area (Å²) in [7, 11) is 0. The van der Waals surface area contributed by atoms with E-state index in [1.807, 2.05) is 24.3 Å². The molecule has 0 unspecified atom stereocenters. The molecule has 1 amide bonds. The van der Waals surface area contributed by atoms with Crippen molar-refractivity contribution in [3.63, 3.8) is 0 Å². The normalized spacial score (nSPS) is 15.2. The zero-order valence-electron chi connectivity index (χ0n) is 13.5. The molecule has 0 atom stereocenters. The van der Waals surface area contributed by atoms with Crippen molar-refractivity contribution >= 4 is 28.3 Å². The highest BCUT2D eigenvalue weighted by atomic mass is 16.5. The molecule has 0 radical (unpaired) electrons. The third-order valence-electron chi connectivity index (χ3n) is 4.47. The van der Waals surface area contributed by atoms with Crippen LogP contribution >= 0.6 is 0 Å². The van der Waals surface area contributed by atoms with Crippen molar-refractivity contribution in [2.75, 3.05) is 11.9 Å². The molecular formula is C19H21NO4. The Hall–Kier alpha value is -2.56. The number of aliphatic carboxylic acids is 1. The van der Waals surface area contributed by atoms with Crippen molar-refractivity contribution < 1.29 is 19.4 Å². The number of nitrogens with one attached hydrogen (secondary N) is 1. The monoisotopic (exact) mass is 327 g/mol. The number of carbonyl (C=O) groups is 2. The van der Waals surface area contributed by atoms with Gasteiger partial charge in [-0.05, 0) is 25.0 Å². The largest absolute Gasteiger partial charge is 0.481 e. The van der Waals surface area contributed by atoms with E-state index in [-0.39, 0.29) is 11.8 Å². The van der Waals surface area contributed by atoms with Crippen LogP contribution in [0.4, 0.5) is 5.69 Å². The number of carboxylic acids is 1. The third-order valence-corrected chi connectivity index (χ3v) is 4.47. The van der Waals surface area contributed by atoms with Gasteiger partial charge < -0.3 is 15.2 Å². The van der Waals surface area contributed by atoms with Gasteiger partial charge in [0.15, 0.2) is 6.61 Å². The highest BCUT2D eigenvalue weighted by Crippen LogP contribution is 2.33. The van der Waals surface area contributed by atoms with Gasteiger partial charge in [-0.15, -0.1) is 0 Å². The quantitative estimate of drug-likeness (QED) is 0.875. The molecule has 126 valence electrons. The van der Waals surface area contributed by atoms with E-state index in [2.05, 4.69) is 5.32 Å². The molecule has 0 bridgehead atoms. The lowest BCUT2D eigenvalue weighted by Crippen LogP contribution is -2.24. The standard InChI is InChI=1S/C19H21NO4/c21-18(22)12-24-17-11-10-16(14-8-4-5-9-15(14)17)20-19(23)13-6-2-1-3-7-13/h4-5,8-11,13H,1-3,6-7,12H2,(H,20,23)(H,21,22). The molecule has 2 aromatic rings. The van der Waals surface area contributed by atoms with Crippen LogP contribution in [-0.4, -0.2) is 23.6 Å². The van der Waals surface area contributed by atoms with Crippen molar-refractivity contribution in [2.24, 2.45) is 5.92 Å². The Morgan fingerprint density at radius 2 is 1.75 bits per heavy atom. The maximum Gasteiger partial charge on any atom is 0.341 e. The Morgan fingerprint density at radius 3 is 2.46 bits per heavy atom. The van der Waals surface area contributed by atoms with Gasteiger partial charge in [-0.1, -0.05) is 43.5 Å². The fraction of sp³-hybridized carbons (Fsp3) is 0.368. The van der Waals surface area contributed by atoms with E-state index < -0.39 is 12.6 Å². The molecule has 0 heterocycles. The average molecular weight is 327 g/mol. The van der Waals surface area contributed by atoms with Crippen LogP contribution in [0.3, 0.4) is 0 Å². The first-order valence-corrected chi connectivity index (χ1v) is 8.32. The van der Waals surface area contributed by atoms with Gasteiger partial charge in [-0.2, -0.15) is 0 Å². The van der Waals surface area contributed by atoms with Gasteiger partial charge >= 0.3 is 5.97 Å². The third kappa shape index (κ3) is 3.67. The van der Waals surface area contributed by atoms with Crippen LogP contribution in [0, 0.1) is 5.92 Å². The second-order valence-corrected chi connectivity index (χ2v) is 6.16. The van der Waals surface area contributed by atoms with E-state index in [1.165, 1.54) is 6.42 Å². The number of carboxylic acid groups (broad SMARTS) is 1. The summed E-state index contributed by atoms with van der Waals surface area (Å²) in [5.41, 5.74) is 0.740. The van der Waals surface area contributed by atoms with Gasteiger partial charge in [0, 0.05) is 22.4 Å². The van der Waals surface area contributed by atoms with Crippen LogP contribution in [0.5, 0.6) is 5.75 Å². The average Bonchev–Trinajstić information content (AvgIpc) is 2.61. The van der Waals surface area contributed by atoms with Crippen LogP contribution in [0.15, 0.2) is 36.4 Å². The van der Waals surface area contributed by atoms with Gasteiger partial charge in [-0.3, -0.25) is 4.79 Å². The molecule has 0 spiro atoms. The molecule has 5 heteroatoms. The number of hydrogen-bond donors (Lipinski definition) is 2. The van der Waals surface area contributed by atoms with Gasteiger partial charge in [0.1, 0.15) is 5.75 Å². The molecule has 1 aliphatic rings. The van der Waals surface area contributed by atoms with E-state index in [1.54, 1.807) is 12.1 Å². The molecule has 3 rings (SSSR count). The highest BCUT2D eigenvalue weighted by Gasteiger charge is 2.21. The Balaban J connectivity index is 1.84. The predicted octanol–water partition coefficient (Wildman–Crippen LogP) is 3.82. The molecule has 1 fully saturated rings. The Kier molecular flexibility index (Phi) is 4.99. The fourth-order valence-corrected chi connectivity index (χ4v) is 3.25. The number of hydrogen-bond acceptors (Lipinski definition) is 3. The van der Waals surface area contributed by atoms with Gasteiger partial charge in [-0.25, -0.2) is 4.79 Å². The van der Waals surface area contributed by atoms with Crippen molar-refractivity contribution in [1.29, 1.82) is 0 Å². The second-order valence-electron chi connectivity index (χ2n) is 6.16. The topological polar surface area (TPSA) is 75.6 Å². The molecule has 2 aromatic carbocycles. The lowest BCUT2D eigenvalue weighted by molar-refractivity contribution is -0.139. The van der Waals surface area contributed by atoms with Crippen molar-refractivity contribution in [2.45, 2.75) is 32.1 Å². The van der Waals surface area contributed by atoms with Crippen LogP contribution in [0.1, 0.15) is 32.1 Å². The van der Waals surface area contributed by atoms with E-state index in [4.69, 9.17) is 9.84 Å². The molecule has 5 nitrogen and oxygen atoms in total. The first-order chi connectivity index (χ1) is 11.6. The maximum absolute atomic E-state index is 12.5. The summed E-state index contributed by atoms with van der Waals surface area (Å²) in [6.45, 7) is -0.391. The minimum Gasteiger partial charge on any atom is -0.481 e. The van der Waals surface area contributed by atoms with Crippen LogP contribution in [-0.2, 0) is 9.59 Å². The Labute approximate surface area is 140 Å². The number of amides is 1. The number of fused-ring (bicyclic) bond motifs is 1. The summed E-state index contributed by atoms with van der Waals surface area (Å²) in [4.78, 5) is 23.2. The van der Waals surface area contributed by atoms with Gasteiger partial charge in [0.2, 0.25) is 5.91 Å². The van der Waals surface area contributed by atoms with Crippen molar-refractivity contribution in [3.05, 3.63) is 36.4 Å². The summed E-state index contributed by atoms with van der Waals surface area (Å²) in [5.74, 6) is -0.364. The first kappa shape index (κ1) is 16.3. The predicted molar refractivity (Wildman–Crippen MR) is 92.3 cm³/mol. The molecule has 24 heavy (non-hydrogen) atoms.